The van der Waals surface area contributed by atoms with Crippen molar-refractivity contribution in [2.75, 3.05) is 6.54 Å². The first-order chi connectivity index (χ1) is 7.75. The Morgan fingerprint density at radius 3 is 3.00 bits per heavy atom. The summed E-state index contributed by atoms with van der Waals surface area (Å²) < 4.78 is 1.94. The number of aryl methyl sites for hydroxylation is 2. The summed E-state index contributed by atoms with van der Waals surface area (Å²) in [6.45, 7) is 3.81. The highest BCUT2D eigenvalue weighted by molar-refractivity contribution is 7.11. The van der Waals surface area contributed by atoms with E-state index in [1.165, 1.54) is 4.88 Å². The van der Waals surface area contributed by atoms with Gasteiger partial charge in [-0.1, -0.05) is 0 Å². The van der Waals surface area contributed by atoms with E-state index < -0.39 is 0 Å². The fourth-order valence-corrected chi connectivity index (χ4v) is 2.20. The van der Waals surface area contributed by atoms with Gasteiger partial charge in [0.25, 0.3) is 0 Å². The Labute approximate surface area is 98.5 Å². The molecule has 0 saturated heterocycles. The molecule has 2 heterocycles. The summed E-state index contributed by atoms with van der Waals surface area (Å²) in [7, 11) is 1.96. The van der Waals surface area contributed by atoms with Crippen LogP contribution in [0.25, 0.3) is 0 Å². The molecule has 5 nitrogen and oxygen atoms in total. The minimum absolute atomic E-state index is 0.878. The van der Waals surface area contributed by atoms with Gasteiger partial charge in [0.15, 0.2) is 0 Å². The molecule has 6 heteroatoms. The molecule has 1 N–H and O–H groups in total. The number of nitrogens with one attached hydrogen (secondary N) is 1. The number of rotatable bonds is 5. The lowest BCUT2D eigenvalue weighted by Gasteiger charge is -2.02. The lowest BCUT2D eigenvalue weighted by atomic mass is 10.4. The Bertz CT molecular complexity index is 448. The molecule has 0 aliphatic rings. The topological polar surface area (TPSA) is 55.6 Å². The maximum Gasteiger partial charge on any atom is 0.133 e. The molecule has 0 bridgehead atoms. The van der Waals surface area contributed by atoms with Gasteiger partial charge in [-0.2, -0.15) is 0 Å². The molecule has 0 atom stereocenters. The molecule has 0 unspecified atom stereocenters. The quantitative estimate of drug-likeness (QED) is 0.785. The molecule has 0 aliphatic carbocycles. The normalized spacial score (nSPS) is 10.9. The van der Waals surface area contributed by atoms with Crippen LogP contribution in [0.15, 0.2) is 12.5 Å². The second-order valence-corrected chi connectivity index (χ2v) is 4.95. The number of aromatic nitrogens is 4. The Balaban J connectivity index is 1.71. The Morgan fingerprint density at radius 1 is 1.50 bits per heavy atom. The van der Waals surface area contributed by atoms with E-state index in [0.717, 1.165) is 30.3 Å². The number of thiazole rings is 1. The minimum Gasteiger partial charge on any atom is -0.321 e. The van der Waals surface area contributed by atoms with E-state index in [1.54, 1.807) is 17.7 Å². The first-order valence-electron chi connectivity index (χ1n) is 5.20. The van der Waals surface area contributed by atoms with Gasteiger partial charge in [-0.25, -0.2) is 4.98 Å². The second kappa shape index (κ2) is 5.18. The van der Waals surface area contributed by atoms with E-state index in [2.05, 4.69) is 20.5 Å². The van der Waals surface area contributed by atoms with Gasteiger partial charge in [0.2, 0.25) is 0 Å². The highest BCUT2D eigenvalue weighted by atomic mass is 32.1. The predicted octanol–water partition coefficient (Wildman–Crippen LogP) is 0.912. The molecule has 0 aromatic carbocycles. The van der Waals surface area contributed by atoms with Gasteiger partial charge >= 0.3 is 0 Å². The van der Waals surface area contributed by atoms with Crippen LogP contribution in [0.4, 0.5) is 0 Å². The summed E-state index contributed by atoms with van der Waals surface area (Å²) in [5, 5.41) is 12.4. The van der Waals surface area contributed by atoms with Gasteiger partial charge in [0.1, 0.15) is 12.2 Å². The van der Waals surface area contributed by atoms with Gasteiger partial charge in [-0.05, 0) is 6.92 Å². The van der Waals surface area contributed by atoms with Gasteiger partial charge in [0, 0.05) is 37.6 Å². The molecule has 16 heavy (non-hydrogen) atoms. The van der Waals surface area contributed by atoms with Gasteiger partial charge in [-0.3, -0.25) is 0 Å². The molecule has 2 aromatic heterocycles. The maximum absolute atomic E-state index is 4.21. The molecule has 0 spiro atoms. The van der Waals surface area contributed by atoms with Crippen LogP contribution in [0.2, 0.25) is 0 Å². The average molecular weight is 237 g/mol. The minimum atomic E-state index is 0.878. The standard InChI is InChI=1S/C10H15N5S/c1-8-12-6-9(16-8)5-11-4-3-10-14-13-7-15(10)2/h6-7,11H,3-5H2,1-2H3. The van der Waals surface area contributed by atoms with Crippen molar-refractivity contribution >= 4 is 11.3 Å². The van der Waals surface area contributed by atoms with E-state index in [0.29, 0.717) is 0 Å². The van der Waals surface area contributed by atoms with Gasteiger partial charge in [0.05, 0.1) is 5.01 Å². The maximum atomic E-state index is 4.21. The molecular formula is C10H15N5S. The van der Waals surface area contributed by atoms with Crippen LogP contribution in [0.5, 0.6) is 0 Å². The van der Waals surface area contributed by atoms with Crippen LogP contribution < -0.4 is 5.32 Å². The zero-order chi connectivity index (χ0) is 11.4. The Hall–Kier alpha value is -1.27. The van der Waals surface area contributed by atoms with E-state index >= 15 is 0 Å². The lowest BCUT2D eigenvalue weighted by Crippen LogP contribution is -2.17. The Kier molecular flexibility index (Phi) is 3.63. The third kappa shape index (κ3) is 2.86. The zero-order valence-electron chi connectivity index (χ0n) is 9.47. The third-order valence-electron chi connectivity index (χ3n) is 2.30. The molecule has 2 aromatic rings. The van der Waals surface area contributed by atoms with Crippen LogP contribution in [0, 0.1) is 6.92 Å². The summed E-state index contributed by atoms with van der Waals surface area (Å²) in [5.74, 6) is 1.01. The molecular weight excluding hydrogens is 222 g/mol. The zero-order valence-corrected chi connectivity index (χ0v) is 10.3. The summed E-state index contributed by atoms with van der Waals surface area (Å²) in [6.07, 6.45) is 4.55. The molecule has 0 amide bonds. The van der Waals surface area contributed by atoms with Crippen molar-refractivity contribution in [3.63, 3.8) is 0 Å². The summed E-state index contributed by atoms with van der Waals surface area (Å²) in [6, 6.07) is 0. The first kappa shape index (κ1) is 11.2. The molecule has 0 fully saturated rings. The SMILES string of the molecule is Cc1ncc(CNCCc2nncn2C)s1. The van der Waals surface area contributed by atoms with Crippen LogP contribution in [0.1, 0.15) is 15.7 Å². The van der Waals surface area contributed by atoms with Crippen molar-refractivity contribution in [1.82, 2.24) is 25.1 Å². The Morgan fingerprint density at radius 2 is 2.38 bits per heavy atom. The highest BCUT2D eigenvalue weighted by Crippen LogP contribution is 2.10. The summed E-state index contributed by atoms with van der Waals surface area (Å²) in [4.78, 5) is 5.49. The van der Waals surface area contributed by atoms with Gasteiger partial charge < -0.3 is 9.88 Å². The number of hydrogen-bond donors (Lipinski definition) is 1. The van der Waals surface area contributed by atoms with Crippen LogP contribution in [-0.2, 0) is 20.0 Å². The van der Waals surface area contributed by atoms with E-state index in [4.69, 9.17) is 0 Å². The average Bonchev–Trinajstić information content (AvgIpc) is 2.83. The predicted molar refractivity (Wildman–Crippen MR) is 63.3 cm³/mol. The smallest absolute Gasteiger partial charge is 0.133 e. The molecule has 86 valence electrons. The van der Waals surface area contributed by atoms with Crippen LogP contribution >= 0.6 is 11.3 Å². The van der Waals surface area contributed by atoms with E-state index in [1.807, 2.05) is 24.7 Å². The third-order valence-corrected chi connectivity index (χ3v) is 3.21. The molecule has 0 radical (unpaired) electrons. The second-order valence-electron chi connectivity index (χ2n) is 3.63. The lowest BCUT2D eigenvalue weighted by molar-refractivity contribution is 0.658. The van der Waals surface area contributed by atoms with Crippen molar-refractivity contribution in [2.45, 2.75) is 19.9 Å². The van der Waals surface area contributed by atoms with Crippen LogP contribution in [-0.4, -0.2) is 26.3 Å². The van der Waals surface area contributed by atoms with Gasteiger partial charge in [-0.15, -0.1) is 21.5 Å². The molecule has 0 saturated carbocycles. The summed E-state index contributed by atoms with van der Waals surface area (Å²) >= 11 is 1.73. The van der Waals surface area contributed by atoms with Crippen molar-refractivity contribution in [1.29, 1.82) is 0 Å². The van der Waals surface area contributed by atoms with Crippen molar-refractivity contribution in [2.24, 2.45) is 7.05 Å². The largest absolute Gasteiger partial charge is 0.321 e. The highest BCUT2D eigenvalue weighted by Gasteiger charge is 2.00. The molecule has 2 rings (SSSR count). The van der Waals surface area contributed by atoms with Crippen molar-refractivity contribution < 1.29 is 0 Å². The fourth-order valence-electron chi connectivity index (χ4n) is 1.43. The summed E-state index contributed by atoms with van der Waals surface area (Å²) in [5.41, 5.74) is 0. The van der Waals surface area contributed by atoms with E-state index in [9.17, 15) is 0 Å². The number of hydrogen-bond acceptors (Lipinski definition) is 5. The molecule has 0 aliphatic heterocycles. The van der Waals surface area contributed by atoms with Crippen molar-refractivity contribution in [3.8, 4) is 0 Å². The number of nitrogens with zero attached hydrogens (tertiary/aromatic N) is 4. The van der Waals surface area contributed by atoms with Crippen LogP contribution in [0.3, 0.4) is 0 Å². The van der Waals surface area contributed by atoms with Crippen molar-refractivity contribution in [3.05, 3.63) is 28.2 Å². The fraction of sp³-hybridized carbons (Fsp3) is 0.500. The van der Waals surface area contributed by atoms with E-state index in [-0.39, 0.29) is 0 Å². The monoisotopic (exact) mass is 237 g/mol. The first-order valence-corrected chi connectivity index (χ1v) is 6.02.